The van der Waals surface area contributed by atoms with Gasteiger partial charge >= 0.3 is 0 Å². The third-order valence-corrected chi connectivity index (χ3v) is 4.53. The Labute approximate surface area is 95.2 Å². The van der Waals surface area contributed by atoms with Crippen LogP contribution in [0.1, 0.15) is 54.4 Å². The molecule has 1 heterocycles. The third-order valence-electron chi connectivity index (χ3n) is 4.53. The Kier molecular flexibility index (Phi) is 2.29. The Morgan fingerprint density at radius 3 is 1.80 bits per heavy atom. The predicted octanol–water partition coefficient (Wildman–Crippen LogP) is 3.54. The van der Waals surface area contributed by atoms with Crippen LogP contribution in [0, 0.1) is 16.7 Å². The summed E-state index contributed by atoms with van der Waals surface area (Å²) >= 11 is 0. The molecule has 1 heteroatoms. The van der Waals surface area contributed by atoms with E-state index >= 15 is 0 Å². The van der Waals surface area contributed by atoms with Crippen LogP contribution in [0.15, 0.2) is 0 Å². The van der Waals surface area contributed by atoms with Gasteiger partial charge in [0.25, 0.3) is 0 Å². The van der Waals surface area contributed by atoms with E-state index in [4.69, 9.17) is 0 Å². The van der Waals surface area contributed by atoms with Crippen molar-refractivity contribution in [3.8, 4) is 0 Å². The Morgan fingerprint density at radius 1 is 1.00 bits per heavy atom. The average Bonchev–Trinajstić information content (AvgIpc) is 2.56. The summed E-state index contributed by atoms with van der Waals surface area (Å²) < 4.78 is 0. The maximum absolute atomic E-state index is 2.70. The Hall–Kier alpha value is -0.0400. The lowest BCUT2D eigenvalue weighted by atomic mass is 9.73. The summed E-state index contributed by atoms with van der Waals surface area (Å²) in [7, 11) is 0. The lowest BCUT2D eigenvalue weighted by Crippen LogP contribution is -2.40. The molecule has 1 spiro atoms. The first-order chi connectivity index (χ1) is 6.65. The summed E-state index contributed by atoms with van der Waals surface area (Å²) in [5.74, 6) is 0.907. The van der Waals surface area contributed by atoms with Crippen molar-refractivity contribution in [3.63, 3.8) is 0 Å². The predicted molar refractivity (Wildman–Crippen MR) is 65.9 cm³/mol. The van der Waals surface area contributed by atoms with Crippen molar-refractivity contribution in [2.24, 2.45) is 16.7 Å². The zero-order valence-electron chi connectivity index (χ0n) is 11.4. The molecule has 2 aliphatic rings. The molecule has 1 aliphatic carbocycles. The molecule has 0 N–H and O–H groups in total. The summed E-state index contributed by atoms with van der Waals surface area (Å²) in [6.07, 6.45) is 2.95. The molecule has 1 aliphatic heterocycles. The first-order valence-electron chi connectivity index (χ1n) is 6.40. The minimum absolute atomic E-state index is 0.357. The number of likely N-dealkylation sites (tertiary alicyclic amines) is 1. The van der Waals surface area contributed by atoms with Gasteiger partial charge in [0, 0.05) is 18.6 Å². The molecule has 2 fully saturated rings. The van der Waals surface area contributed by atoms with Crippen molar-refractivity contribution >= 4 is 0 Å². The summed E-state index contributed by atoms with van der Waals surface area (Å²) in [5, 5.41) is 0. The van der Waals surface area contributed by atoms with E-state index in [2.05, 4.69) is 46.4 Å². The highest BCUT2D eigenvalue weighted by Crippen LogP contribution is 2.61. The van der Waals surface area contributed by atoms with Crippen LogP contribution in [0.4, 0.5) is 0 Å². The van der Waals surface area contributed by atoms with Gasteiger partial charge in [-0.15, -0.1) is 0 Å². The van der Waals surface area contributed by atoms with Gasteiger partial charge in [0.2, 0.25) is 0 Å². The highest BCUT2D eigenvalue weighted by atomic mass is 15.2. The fourth-order valence-corrected chi connectivity index (χ4v) is 3.34. The zero-order valence-corrected chi connectivity index (χ0v) is 11.4. The van der Waals surface area contributed by atoms with E-state index < -0.39 is 0 Å². The molecule has 0 aromatic rings. The van der Waals surface area contributed by atoms with Crippen molar-refractivity contribution in [2.75, 3.05) is 13.1 Å². The molecule has 15 heavy (non-hydrogen) atoms. The van der Waals surface area contributed by atoms with Gasteiger partial charge in [-0.25, -0.2) is 0 Å². The van der Waals surface area contributed by atoms with Crippen molar-refractivity contribution in [3.05, 3.63) is 0 Å². The van der Waals surface area contributed by atoms with Crippen LogP contribution in [-0.2, 0) is 0 Å². The molecular weight excluding hydrogens is 182 g/mol. The van der Waals surface area contributed by atoms with Crippen LogP contribution in [0.3, 0.4) is 0 Å². The molecule has 1 saturated heterocycles. The van der Waals surface area contributed by atoms with Crippen LogP contribution in [-0.4, -0.2) is 23.5 Å². The molecular formula is C14H27N. The minimum Gasteiger partial charge on any atom is -0.298 e. The average molecular weight is 209 g/mol. The second-order valence-electron chi connectivity index (χ2n) is 7.83. The maximum Gasteiger partial charge on any atom is 0.0125 e. The summed E-state index contributed by atoms with van der Waals surface area (Å²) in [6, 6.07) is 0. The molecule has 0 radical (unpaired) electrons. The van der Waals surface area contributed by atoms with Gasteiger partial charge in [-0.1, -0.05) is 20.8 Å². The van der Waals surface area contributed by atoms with E-state index in [1.165, 1.54) is 25.9 Å². The number of rotatable bonds is 0. The molecule has 2 rings (SSSR count). The summed E-state index contributed by atoms with van der Waals surface area (Å²) in [6.45, 7) is 17.0. The molecule has 1 nitrogen and oxygen atoms in total. The highest BCUT2D eigenvalue weighted by molar-refractivity contribution is 5.10. The van der Waals surface area contributed by atoms with Crippen LogP contribution >= 0.6 is 0 Å². The van der Waals surface area contributed by atoms with Gasteiger partial charge in [-0.3, -0.25) is 4.90 Å². The summed E-state index contributed by atoms with van der Waals surface area (Å²) in [5.41, 5.74) is 1.54. The number of hydrogen-bond acceptors (Lipinski definition) is 1. The van der Waals surface area contributed by atoms with Gasteiger partial charge < -0.3 is 0 Å². The number of nitrogens with zero attached hydrogens (tertiary/aromatic N) is 1. The van der Waals surface area contributed by atoms with Crippen molar-refractivity contribution in [2.45, 2.75) is 59.9 Å². The Morgan fingerprint density at radius 2 is 1.53 bits per heavy atom. The number of hydrogen-bond donors (Lipinski definition) is 0. The summed E-state index contributed by atoms with van der Waals surface area (Å²) in [4.78, 5) is 2.70. The second-order valence-corrected chi connectivity index (χ2v) is 7.83. The standard InChI is InChI=1S/C14H27N/c1-12(2,3)11-9-15(13(4,5)6)10-14(11)7-8-14/h11H,7-10H2,1-6H3. The van der Waals surface area contributed by atoms with Crippen molar-refractivity contribution in [1.82, 2.24) is 4.90 Å². The molecule has 1 saturated carbocycles. The van der Waals surface area contributed by atoms with Crippen molar-refractivity contribution in [1.29, 1.82) is 0 Å². The highest BCUT2D eigenvalue weighted by Gasteiger charge is 2.59. The lowest BCUT2D eigenvalue weighted by Gasteiger charge is -2.34. The monoisotopic (exact) mass is 209 g/mol. The third kappa shape index (κ3) is 1.95. The SMILES string of the molecule is CC(C)(C)C1CN(C(C)(C)C)CC12CC2. The van der Waals surface area contributed by atoms with E-state index in [-0.39, 0.29) is 0 Å². The molecule has 0 aromatic carbocycles. The fraction of sp³-hybridized carbons (Fsp3) is 1.00. The Bertz CT molecular complexity index is 249. The van der Waals surface area contributed by atoms with Gasteiger partial charge in [-0.2, -0.15) is 0 Å². The molecule has 1 unspecified atom stereocenters. The molecule has 1 atom stereocenters. The van der Waals surface area contributed by atoms with Gasteiger partial charge in [-0.05, 0) is 50.4 Å². The van der Waals surface area contributed by atoms with Crippen molar-refractivity contribution < 1.29 is 0 Å². The van der Waals surface area contributed by atoms with Gasteiger partial charge in [0.05, 0.1) is 0 Å². The quantitative estimate of drug-likeness (QED) is 0.590. The molecule has 0 amide bonds. The second kappa shape index (κ2) is 3.00. The topological polar surface area (TPSA) is 3.24 Å². The molecule has 0 bridgehead atoms. The normalized spacial score (nSPS) is 31.2. The van der Waals surface area contributed by atoms with E-state index in [9.17, 15) is 0 Å². The van der Waals surface area contributed by atoms with E-state index in [1.807, 2.05) is 0 Å². The first-order valence-corrected chi connectivity index (χ1v) is 6.40. The fourth-order valence-electron chi connectivity index (χ4n) is 3.34. The smallest absolute Gasteiger partial charge is 0.0125 e. The van der Waals surface area contributed by atoms with Crippen LogP contribution in [0.5, 0.6) is 0 Å². The first kappa shape index (κ1) is 11.4. The van der Waals surface area contributed by atoms with Crippen LogP contribution < -0.4 is 0 Å². The van der Waals surface area contributed by atoms with Gasteiger partial charge in [0.1, 0.15) is 0 Å². The zero-order chi connectivity index (χ0) is 11.5. The maximum atomic E-state index is 2.70. The van der Waals surface area contributed by atoms with E-state index in [0.717, 1.165) is 5.92 Å². The van der Waals surface area contributed by atoms with E-state index in [0.29, 0.717) is 16.4 Å². The van der Waals surface area contributed by atoms with Crippen LogP contribution in [0.2, 0.25) is 0 Å². The van der Waals surface area contributed by atoms with E-state index in [1.54, 1.807) is 0 Å². The molecule has 0 aromatic heterocycles. The minimum atomic E-state index is 0.357. The van der Waals surface area contributed by atoms with Crippen LogP contribution in [0.25, 0.3) is 0 Å². The largest absolute Gasteiger partial charge is 0.298 e. The lowest BCUT2D eigenvalue weighted by molar-refractivity contribution is 0.147. The Balaban J connectivity index is 2.16. The molecule has 88 valence electrons. The van der Waals surface area contributed by atoms with Gasteiger partial charge in [0.15, 0.2) is 0 Å².